The summed E-state index contributed by atoms with van der Waals surface area (Å²) in [5.41, 5.74) is 2.17. The average Bonchev–Trinajstić information content (AvgIpc) is 2.80. The van der Waals surface area contributed by atoms with Gasteiger partial charge in [0.05, 0.1) is 22.7 Å². The largest absolute Gasteiger partial charge is 0.456 e. The summed E-state index contributed by atoms with van der Waals surface area (Å²) in [5.74, 6) is -1.07. The number of benzene rings is 3. The number of non-ortho nitro benzene ring substituents is 1. The second-order valence-electron chi connectivity index (χ2n) is 6.96. The molecule has 0 radical (unpaired) electrons. The maximum absolute atomic E-state index is 12.3. The molecular formula is C23H19N3O5S. The van der Waals surface area contributed by atoms with Crippen LogP contribution in [0.1, 0.15) is 6.42 Å². The number of nitro groups is 1. The van der Waals surface area contributed by atoms with Gasteiger partial charge in [-0.2, -0.15) is 0 Å². The highest BCUT2D eigenvalue weighted by Crippen LogP contribution is 2.47. The molecule has 1 heterocycles. The molecule has 8 nitrogen and oxygen atoms in total. The number of carbonyl (C=O) groups is 2. The summed E-state index contributed by atoms with van der Waals surface area (Å²) in [6.07, 6.45) is 0.0947. The Hall–Kier alpha value is -3.85. The van der Waals surface area contributed by atoms with E-state index in [1.54, 1.807) is 11.8 Å². The number of anilines is 3. The highest BCUT2D eigenvalue weighted by atomic mass is 32.2. The van der Waals surface area contributed by atoms with Gasteiger partial charge < -0.3 is 15.0 Å². The minimum absolute atomic E-state index is 0.0947. The number of nitro benzene ring substituents is 1. The molecule has 0 aliphatic carbocycles. The Morgan fingerprint density at radius 2 is 1.62 bits per heavy atom. The summed E-state index contributed by atoms with van der Waals surface area (Å²) in [6, 6.07) is 21.5. The molecule has 32 heavy (non-hydrogen) atoms. The van der Waals surface area contributed by atoms with Crippen molar-refractivity contribution in [2.45, 2.75) is 16.2 Å². The van der Waals surface area contributed by atoms with E-state index in [0.29, 0.717) is 6.54 Å². The van der Waals surface area contributed by atoms with Crippen molar-refractivity contribution in [3.05, 3.63) is 82.9 Å². The van der Waals surface area contributed by atoms with Crippen LogP contribution in [0, 0.1) is 10.1 Å². The molecule has 9 heteroatoms. The molecule has 1 N–H and O–H groups in total. The third-order valence-electron chi connectivity index (χ3n) is 4.78. The van der Waals surface area contributed by atoms with Gasteiger partial charge in [-0.05, 0) is 30.3 Å². The number of carbonyl (C=O) groups excluding carboxylic acids is 2. The molecule has 0 saturated carbocycles. The summed E-state index contributed by atoms with van der Waals surface area (Å²) in [7, 11) is 0. The van der Waals surface area contributed by atoms with E-state index < -0.39 is 23.4 Å². The Labute approximate surface area is 188 Å². The summed E-state index contributed by atoms with van der Waals surface area (Å²) in [5, 5.41) is 13.3. The molecule has 0 fully saturated rings. The zero-order valence-electron chi connectivity index (χ0n) is 16.9. The molecule has 3 aromatic carbocycles. The van der Waals surface area contributed by atoms with Crippen molar-refractivity contribution in [3.8, 4) is 0 Å². The quantitative estimate of drug-likeness (QED) is 0.315. The lowest BCUT2D eigenvalue weighted by atomic mass is 10.2. The number of hydrogen-bond acceptors (Lipinski definition) is 7. The minimum Gasteiger partial charge on any atom is -0.456 e. The van der Waals surface area contributed by atoms with Crippen molar-refractivity contribution >= 4 is 46.4 Å². The predicted molar refractivity (Wildman–Crippen MR) is 121 cm³/mol. The van der Waals surface area contributed by atoms with Crippen LogP contribution in [0.4, 0.5) is 22.7 Å². The molecule has 0 aromatic heterocycles. The molecule has 1 aliphatic rings. The Morgan fingerprint density at radius 3 is 2.28 bits per heavy atom. The first kappa shape index (κ1) is 21.4. The lowest BCUT2D eigenvalue weighted by molar-refractivity contribution is -0.384. The first-order valence-corrected chi connectivity index (χ1v) is 10.7. The third-order valence-corrected chi connectivity index (χ3v) is 5.91. The maximum atomic E-state index is 12.3. The van der Waals surface area contributed by atoms with Crippen molar-refractivity contribution in [2.75, 3.05) is 23.4 Å². The van der Waals surface area contributed by atoms with Gasteiger partial charge in [-0.25, -0.2) is 0 Å². The molecule has 1 aliphatic heterocycles. The van der Waals surface area contributed by atoms with E-state index in [9.17, 15) is 19.7 Å². The molecule has 4 rings (SSSR count). The molecule has 0 saturated heterocycles. The van der Waals surface area contributed by atoms with Crippen molar-refractivity contribution < 1.29 is 19.2 Å². The molecule has 3 aromatic rings. The second-order valence-corrected chi connectivity index (χ2v) is 8.04. The van der Waals surface area contributed by atoms with Gasteiger partial charge in [0.25, 0.3) is 11.6 Å². The summed E-state index contributed by atoms with van der Waals surface area (Å²) < 4.78 is 5.10. The van der Waals surface area contributed by atoms with Crippen molar-refractivity contribution in [1.29, 1.82) is 0 Å². The number of amides is 1. The number of ether oxygens (including phenoxy) is 1. The van der Waals surface area contributed by atoms with Gasteiger partial charge in [0.2, 0.25) is 0 Å². The lowest BCUT2D eigenvalue weighted by Gasteiger charge is -2.32. The van der Waals surface area contributed by atoms with Crippen LogP contribution in [0.2, 0.25) is 0 Å². The number of fused-ring (bicyclic) bond motifs is 2. The zero-order valence-corrected chi connectivity index (χ0v) is 17.7. The Morgan fingerprint density at radius 1 is 0.969 bits per heavy atom. The second kappa shape index (κ2) is 9.52. The molecule has 0 atom stereocenters. The van der Waals surface area contributed by atoms with Crippen LogP contribution in [0.15, 0.2) is 82.6 Å². The van der Waals surface area contributed by atoms with Gasteiger partial charge >= 0.3 is 5.97 Å². The molecular weight excluding hydrogens is 430 g/mol. The zero-order chi connectivity index (χ0) is 22.5. The molecule has 162 valence electrons. The number of rotatable bonds is 7. The fourth-order valence-electron chi connectivity index (χ4n) is 3.34. The Balaban J connectivity index is 1.33. The topological polar surface area (TPSA) is 102 Å². The lowest BCUT2D eigenvalue weighted by Crippen LogP contribution is -2.26. The standard InChI is InChI=1S/C23H19N3O5S/c27-22(24-16-6-5-7-17(14-16)26(29)30)15-31-23(28)12-13-25-18-8-1-3-10-20(18)32-21-11-4-2-9-19(21)25/h1-11,14H,12-13,15H2,(H,24,27). The van der Waals surface area contributed by atoms with Crippen LogP contribution < -0.4 is 10.2 Å². The molecule has 0 bridgehead atoms. The van der Waals surface area contributed by atoms with E-state index in [1.807, 2.05) is 48.5 Å². The highest BCUT2D eigenvalue weighted by Gasteiger charge is 2.23. The Bertz CT molecular complexity index is 1140. The summed E-state index contributed by atoms with van der Waals surface area (Å²) in [4.78, 5) is 38.9. The van der Waals surface area contributed by atoms with Crippen LogP contribution in [-0.2, 0) is 14.3 Å². The number of esters is 1. The number of nitrogens with zero attached hydrogens (tertiary/aromatic N) is 2. The van der Waals surface area contributed by atoms with E-state index >= 15 is 0 Å². The van der Waals surface area contributed by atoms with E-state index in [-0.39, 0.29) is 17.8 Å². The monoisotopic (exact) mass is 449 g/mol. The number of para-hydroxylation sites is 2. The smallest absolute Gasteiger partial charge is 0.308 e. The SMILES string of the molecule is O=C(COC(=O)CCN1c2ccccc2Sc2ccccc21)Nc1cccc([N+](=O)[O-])c1. The molecule has 1 amide bonds. The summed E-state index contributed by atoms with van der Waals surface area (Å²) in [6.45, 7) is -0.0650. The molecule has 0 unspecified atom stereocenters. The predicted octanol–water partition coefficient (Wildman–Crippen LogP) is 4.77. The summed E-state index contributed by atoms with van der Waals surface area (Å²) >= 11 is 1.69. The van der Waals surface area contributed by atoms with Crippen LogP contribution in [0.25, 0.3) is 0 Å². The van der Waals surface area contributed by atoms with Gasteiger partial charge in [-0.15, -0.1) is 0 Å². The van der Waals surface area contributed by atoms with E-state index in [1.165, 1.54) is 24.3 Å². The van der Waals surface area contributed by atoms with E-state index in [4.69, 9.17) is 4.74 Å². The normalized spacial score (nSPS) is 11.8. The van der Waals surface area contributed by atoms with Gasteiger partial charge in [-0.1, -0.05) is 42.1 Å². The van der Waals surface area contributed by atoms with Gasteiger partial charge in [0, 0.05) is 34.2 Å². The fourth-order valence-corrected chi connectivity index (χ4v) is 4.43. The van der Waals surface area contributed by atoms with Gasteiger partial charge in [-0.3, -0.25) is 19.7 Å². The first-order chi connectivity index (χ1) is 15.5. The van der Waals surface area contributed by atoms with Crippen LogP contribution in [0.3, 0.4) is 0 Å². The van der Waals surface area contributed by atoms with E-state index in [2.05, 4.69) is 10.2 Å². The number of hydrogen-bond donors (Lipinski definition) is 1. The third kappa shape index (κ3) is 4.89. The van der Waals surface area contributed by atoms with Crippen molar-refractivity contribution in [3.63, 3.8) is 0 Å². The molecule has 0 spiro atoms. The van der Waals surface area contributed by atoms with Crippen LogP contribution in [0.5, 0.6) is 0 Å². The van der Waals surface area contributed by atoms with Gasteiger partial charge in [0.1, 0.15) is 0 Å². The first-order valence-electron chi connectivity index (χ1n) is 9.84. The fraction of sp³-hybridized carbons (Fsp3) is 0.130. The maximum Gasteiger partial charge on any atom is 0.308 e. The van der Waals surface area contributed by atoms with Crippen molar-refractivity contribution in [2.24, 2.45) is 0 Å². The van der Waals surface area contributed by atoms with Crippen molar-refractivity contribution in [1.82, 2.24) is 0 Å². The number of nitrogens with one attached hydrogen (secondary N) is 1. The van der Waals surface area contributed by atoms with E-state index in [0.717, 1.165) is 21.2 Å². The minimum atomic E-state index is -0.566. The van der Waals surface area contributed by atoms with Crippen LogP contribution in [-0.4, -0.2) is 30.0 Å². The average molecular weight is 449 g/mol. The van der Waals surface area contributed by atoms with Gasteiger partial charge in [0.15, 0.2) is 6.61 Å². The Kier molecular flexibility index (Phi) is 6.37. The van der Waals surface area contributed by atoms with Crippen LogP contribution >= 0.6 is 11.8 Å². The highest BCUT2D eigenvalue weighted by molar-refractivity contribution is 7.99.